The molecule has 2 aliphatic heterocycles. The molecule has 2 fully saturated rings. The first-order chi connectivity index (χ1) is 10.7. The summed E-state index contributed by atoms with van der Waals surface area (Å²) >= 11 is 0. The van der Waals surface area contributed by atoms with Crippen molar-refractivity contribution in [2.45, 2.75) is 32.4 Å². The van der Waals surface area contributed by atoms with Gasteiger partial charge in [0.25, 0.3) is 0 Å². The second-order valence-electron chi connectivity index (χ2n) is 6.50. The number of amides is 1. The molecular formula is C17H27ClN4O. The van der Waals surface area contributed by atoms with Crippen LogP contribution in [0.4, 0.5) is 0 Å². The van der Waals surface area contributed by atoms with E-state index in [1.165, 1.54) is 0 Å². The van der Waals surface area contributed by atoms with Gasteiger partial charge in [0.2, 0.25) is 5.91 Å². The van der Waals surface area contributed by atoms with Crippen LogP contribution in [0.25, 0.3) is 0 Å². The van der Waals surface area contributed by atoms with Crippen molar-refractivity contribution >= 4 is 18.3 Å². The van der Waals surface area contributed by atoms with Crippen molar-refractivity contribution in [2.24, 2.45) is 5.92 Å². The topological polar surface area (TPSA) is 48.5 Å². The van der Waals surface area contributed by atoms with Gasteiger partial charge >= 0.3 is 0 Å². The number of pyridine rings is 1. The minimum absolute atomic E-state index is 0. The lowest BCUT2D eigenvalue weighted by molar-refractivity contribution is -0.138. The summed E-state index contributed by atoms with van der Waals surface area (Å²) in [5.41, 5.74) is 1.11. The minimum Gasteiger partial charge on any atom is -0.340 e. The predicted octanol–water partition coefficient (Wildman–Crippen LogP) is 1.54. The van der Waals surface area contributed by atoms with E-state index in [1.807, 2.05) is 18.3 Å². The Bertz CT molecular complexity index is 491. The van der Waals surface area contributed by atoms with Gasteiger partial charge in [0, 0.05) is 50.9 Å². The van der Waals surface area contributed by atoms with E-state index in [-0.39, 0.29) is 18.3 Å². The number of hydrogen-bond donors (Lipinski definition) is 1. The van der Waals surface area contributed by atoms with Gasteiger partial charge in [0.15, 0.2) is 0 Å². The number of halogens is 1. The Balaban J connectivity index is 0.00000192. The van der Waals surface area contributed by atoms with Crippen LogP contribution in [-0.2, 0) is 11.3 Å². The van der Waals surface area contributed by atoms with E-state index >= 15 is 0 Å². The van der Waals surface area contributed by atoms with Crippen LogP contribution in [0.1, 0.15) is 25.5 Å². The van der Waals surface area contributed by atoms with Gasteiger partial charge in [0.1, 0.15) is 0 Å². The Morgan fingerprint density at radius 2 is 2.09 bits per heavy atom. The van der Waals surface area contributed by atoms with E-state index in [1.54, 1.807) is 0 Å². The minimum atomic E-state index is 0. The zero-order valence-electron chi connectivity index (χ0n) is 13.8. The highest BCUT2D eigenvalue weighted by atomic mass is 35.5. The van der Waals surface area contributed by atoms with Crippen molar-refractivity contribution in [1.29, 1.82) is 0 Å². The predicted molar refractivity (Wildman–Crippen MR) is 93.5 cm³/mol. The van der Waals surface area contributed by atoms with Gasteiger partial charge < -0.3 is 10.2 Å². The fourth-order valence-electron chi connectivity index (χ4n) is 3.46. The average molecular weight is 339 g/mol. The third-order valence-corrected chi connectivity index (χ3v) is 4.77. The number of nitrogens with zero attached hydrogens (tertiary/aromatic N) is 3. The van der Waals surface area contributed by atoms with Crippen molar-refractivity contribution in [1.82, 2.24) is 20.1 Å². The molecule has 0 unspecified atom stereocenters. The molecule has 1 aromatic rings. The molecule has 1 aromatic heterocycles. The zero-order chi connectivity index (χ0) is 15.4. The van der Waals surface area contributed by atoms with Gasteiger partial charge in [-0.3, -0.25) is 14.7 Å². The van der Waals surface area contributed by atoms with E-state index in [2.05, 4.69) is 33.1 Å². The molecule has 0 bridgehead atoms. The molecule has 0 saturated carbocycles. The lowest BCUT2D eigenvalue weighted by Crippen LogP contribution is -2.51. The molecule has 0 aromatic carbocycles. The Kier molecular flexibility index (Phi) is 6.81. The summed E-state index contributed by atoms with van der Waals surface area (Å²) < 4.78 is 0. The quantitative estimate of drug-likeness (QED) is 0.908. The third kappa shape index (κ3) is 4.90. The average Bonchev–Trinajstić information content (AvgIpc) is 2.56. The van der Waals surface area contributed by atoms with Crippen molar-refractivity contribution in [3.8, 4) is 0 Å². The second-order valence-corrected chi connectivity index (χ2v) is 6.50. The van der Waals surface area contributed by atoms with Crippen molar-refractivity contribution < 1.29 is 4.79 Å². The maximum atomic E-state index is 12.6. The molecule has 1 amide bonds. The van der Waals surface area contributed by atoms with Crippen LogP contribution >= 0.6 is 12.4 Å². The summed E-state index contributed by atoms with van der Waals surface area (Å²) in [4.78, 5) is 21.5. The summed E-state index contributed by atoms with van der Waals surface area (Å²) in [6.45, 7) is 7.62. The summed E-state index contributed by atoms with van der Waals surface area (Å²) in [5.74, 6) is 0.587. The number of carbonyl (C=O) groups excluding carboxylic acids is 1. The number of carbonyl (C=O) groups is 1. The third-order valence-electron chi connectivity index (χ3n) is 4.77. The highest BCUT2D eigenvalue weighted by molar-refractivity contribution is 5.85. The highest BCUT2D eigenvalue weighted by Crippen LogP contribution is 2.20. The van der Waals surface area contributed by atoms with Gasteiger partial charge in [-0.2, -0.15) is 0 Å². The molecule has 1 N–H and O–H groups in total. The standard InChI is InChI=1S/C17H26N4O.ClH/c1-14-12-15(5-7-18-14)17(22)21-10-8-20(9-11-21)13-16-4-2-3-6-19-16;/h2-4,6,14-15,18H,5,7-13H2,1H3;1H/t14-,15-;/m0./s1. The van der Waals surface area contributed by atoms with Gasteiger partial charge in [0.05, 0.1) is 5.69 Å². The van der Waals surface area contributed by atoms with Crippen LogP contribution < -0.4 is 5.32 Å². The molecule has 5 nitrogen and oxygen atoms in total. The lowest BCUT2D eigenvalue weighted by atomic mass is 9.92. The van der Waals surface area contributed by atoms with Crippen molar-refractivity contribution in [2.75, 3.05) is 32.7 Å². The molecule has 0 spiro atoms. The second kappa shape index (κ2) is 8.62. The largest absolute Gasteiger partial charge is 0.340 e. The SMILES string of the molecule is C[C@H]1C[C@@H](C(=O)N2CCN(Cc3ccccn3)CC2)CCN1.Cl. The van der Waals surface area contributed by atoms with Crippen LogP contribution in [0.2, 0.25) is 0 Å². The van der Waals surface area contributed by atoms with Gasteiger partial charge in [-0.25, -0.2) is 0 Å². The van der Waals surface area contributed by atoms with Crippen LogP contribution in [0, 0.1) is 5.92 Å². The number of aromatic nitrogens is 1. The fraction of sp³-hybridized carbons (Fsp3) is 0.647. The maximum absolute atomic E-state index is 12.6. The molecule has 23 heavy (non-hydrogen) atoms. The van der Waals surface area contributed by atoms with E-state index in [9.17, 15) is 4.79 Å². The first-order valence-corrected chi connectivity index (χ1v) is 8.37. The van der Waals surface area contributed by atoms with E-state index < -0.39 is 0 Å². The van der Waals surface area contributed by atoms with Crippen LogP contribution in [0.3, 0.4) is 0 Å². The normalized spacial score (nSPS) is 25.7. The summed E-state index contributed by atoms with van der Waals surface area (Å²) in [5, 5.41) is 3.42. The number of rotatable bonds is 3. The summed E-state index contributed by atoms with van der Waals surface area (Å²) in [6.07, 6.45) is 3.80. The Morgan fingerprint density at radius 1 is 1.30 bits per heavy atom. The molecular weight excluding hydrogens is 312 g/mol. The fourth-order valence-corrected chi connectivity index (χ4v) is 3.46. The number of piperazine rings is 1. The van der Waals surface area contributed by atoms with E-state index in [0.717, 1.165) is 57.8 Å². The van der Waals surface area contributed by atoms with Crippen LogP contribution in [0.5, 0.6) is 0 Å². The van der Waals surface area contributed by atoms with Gasteiger partial charge in [-0.1, -0.05) is 6.07 Å². The first-order valence-electron chi connectivity index (χ1n) is 8.37. The monoisotopic (exact) mass is 338 g/mol. The molecule has 6 heteroatoms. The van der Waals surface area contributed by atoms with Gasteiger partial charge in [-0.05, 0) is 38.4 Å². The Morgan fingerprint density at radius 3 is 2.74 bits per heavy atom. The molecule has 2 saturated heterocycles. The van der Waals surface area contributed by atoms with Crippen molar-refractivity contribution in [3.63, 3.8) is 0 Å². The molecule has 128 valence electrons. The molecule has 3 rings (SSSR count). The molecule has 0 aliphatic carbocycles. The molecule has 2 atom stereocenters. The maximum Gasteiger partial charge on any atom is 0.225 e. The number of nitrogens with one attached hydrogen (secondary N) is 1. The Labute approximate surface area is 144 Å². The van der Waals surface area contributed by atoms with Crippen LogP contribution in [-0.4, -0.2) is 59.5 Å². The van der Waals surface area contributed by atoms with Crippen molar-refractivity contribution in [3.05, 3.63) is 30.1 Å². The van der Waals surface area contributed by atoms with Crippen LogP contribution in [0.15, 0.2) is 24.4 Å². The number of hydrogen-bond acceptors (Lipinski definition) is 4. The smallest absolute Gasteiger partial charge is 0.225 e. The van der Waals surface area contributed by atoms with Gasteiger partial charge in [-0.15, -0.1) is 12.4 Å². The summed E-state index contributed by atoms with van der Waals surface area (Å²) in [7, 11) is 0. The van der Waals surface area contributed by atoms with E-state index in [4.69, 9.17) is 0 Å². The molecule has 3 heterocycles. The summed E-state index contributed by atoms with van der Waals surface area (Å²) in [6, 6.07) is 6.50. The zero-order valence-corrected chi connectivity index (χ0v) is 14.6. The number of piperidine rings is 1. The van der Waals surface area contributed by atoms with E-state index in [0.29, 0.717) is 11.9 Å². The lowest BCUT2D eigenvalue weighted by Gasteiger charge is -2.38. The molecule has 2 aliphatic rings. The Hall–Kier alpha value is -1.17. The first kappa shape index (κ1) is 18.2. The highest BCUT2D eigenvalue weighted by Gasteiger charge is 2.30. The molecule has 0 radical (unpaired) electrons.